The minimum Gasteiger partial charge on any atom is -0.497 e. The molecule has 5 nitrogen and oxygen atoms in total. The van der Waals surface area contributed by atoms with E-state index in [4.69, 9.17) is 9.47 Å². The molecule has 0 saturated carbocycles. The lowest BCUT2D eigenvalue weighted by molar-refractivity contribution is 0.0601. The molecule has 110 valence electrons. The predicted octanol–water partition coefficient (Wildman–Crippen LogP) is 3.09. The number of aromatic nitrogens is 2. The fourth-order valence-electron chi connectivity index (χ4n) is 2.16. The summed E-state index contributed by atoms with van der Waals surface area (Å²) in [6, 6.07) is 12.7. The van der Waals surface area contributed by atoms with Crippen molar-refractivity contribution in [3.05, 3.63) is 54.2 Å². The highest BCUT2D eigenvalue weighted by atomic mass is 16.5. The van der Waals surface area contributed by atoms with Gasteiger partial charge < -0.3 is 9.47 Å². The van der Waals surface area contributed by atoms with Crippen molar-refractivity contribution in [2.75, 3.05) is 14.2 Å². The van der Waals surface area contributed by atoms with E-state index in [1.165, 1.54) is 7.11 Å². The van der Waals surface area contributed by atoms with E-state index in [2.05, 4.69) is 9.97 Å². The highest BCUT2D eigenvalue weighted by Gasteiger charge is 2.08. The van der Waals surface area contributed by atoms with Crippen LogP contribution in [0.25, 0.3) is 22.3 Å². The number of carbonyl (C=O) groups excluding carboxylic acids is 1. The summed E-state index contributed by atoms with van der Waals surface area (Å²) in [4.78, 5) is 20.5. The van der Waals surface area contributed by atoms with Crippen molar-refractivity contribution >= 4 is 17.0 Å². The molecule has 0 saturated heterocycles. The zero-order chi connectivity index (χ0) is 15.5. The van der Waals surface area contributed by atoms with Crippen LogP contribution in [0.2, 0.25) is 0 Å². The molecule has 1 heterocycles. The lowest BCUT2D eigenvalue weighted by Crippen LogP contribution is -2.01. The molecule has 0 fully saturated rings. The van der Waals surface area contributed by atoms with Gasteiger partial charge in [0.1, 0.15) is 5.75 Å². The van der Waals surface area contributed by atoms with E-state index in [0.717, 1.165) is 22.5 Å². The van der Waals surface area contributed by atoms with E-state index in [1.807, 2.05) is 24.3 Å². The molecule has 22 heavy (non-hydrogen) atoms. The monoisotopic (exact) mass is 294 g/mol. The molecule has 0 aliphatic carbocycles. The highest BCUT2D eigenvalue weighted by Crippen LogP contribution is 2.22. The van der Waals surface area contributed by atoms with Gasteiger partial charge >= 0.3 is 5.97 Å². The van der Waals surface area contributed by atoms with Gasteiger partial charge in [-0.25, -0.2) is 9.78 Å². The molecule has 1 aromatic heterocycles. The molecular formula is C17H14N2O3. The lowest BCUT2D eigenvalue weighted by atomic mass is 10.1. The third kappa shape index (κ3) is 2.61. The Balaban J connectivity index is 2.00. The van der Waals surface area contributed by atoms with Gasteiger partial charge in [0.05, 0.1) is 42.7 Å². The summed E-state index contributed by atoms with van der Waals surface area (Å²) in [6.07, 6.45) is 1.69. The van der Waals surface area contributed by atoms with Gasteiger partial charge in [-0.1, -0.05) is 0 Å². The first-order valence-electron chi connectivity index (χ1n) is 6.71. The van der Waals surface area contributed by atoms with Crippen LogP contribution >= 0.6 is 0 Å². The maximum Gasteiger partial charge on any atom is 0.337 e. The van der Waals surface area contributed by atoms with Gasteiger partial charge in [-0.15, -0.1) is 0 Å². The quantitative estimate of drug-likeness (QED) is 0.695. The Kier molecular flexibility index (Phi) is 3.70. The summed E-state index contributed by atoms with van der Waals surface area (Å²) in [5.74, 6) is 0.406. The van der Waals surface area contributed by atoms with Gasteiger partial charge in [0.25, 0.3) is 0 Å². The molecule has 0 bridgehead atoms. The summed E-state index contributed by atoms with van der Waals surface area (Å²) in [7, 11) is 2.98. The molecule has 0 spiro atoms. The maximum atomic E-state index is 11.5. The molecule has 0 aliphatic heterocycles. The smallest absolute Gasteiger partial charge is 0.337 e. The summed E-state index contributed by atoms with van der Waals surface area (Å²) in [5.41, 5.74) is 3.55. The first-order valence-corrected chi connectivity index (χ1v) is 6.71. The van der Waals surface area contributed by atoms with Gasteiger partial charge in [-0.3, -0.25) is 4.98 Å². The minimum atomic E-state index is -0.386. The molecular weight excluding hydrogens is 280 g/mol. The van der Waals surface area contributed by atoms with E-state index in [1.54, 1.807) is 31.5 Å². The molecule has 0 radical (unpaired) electrons. The first kappa shape index (κ1) is 14.0. The number of fused-ring (bicyclic) bond motifs is 1. The third-order valence-corrected chi connectivity index (χ3v) is 3.35. The Morgan fingerprint density at radius 3 is 2.45 bits per heavy atom. The summed E-state index contributed by atoms with van der Waals surface area (Å²) < 4.78 is 9.84. The van der Waals surface area contributed by atoms with E-state index in [0.29, 0.717) is 11.1 Å². The number of esters is 1. The Morgan fingerprint density at radius 2 is 1.77 bits per heavy atom. The normalized spacial score (nSPS) is 10.5. The number of nitrogens with zero attached hydrogens (tertiary/aromatic N) is 2. The van der Waals surface area contributed by atoms with Crippen molar-refractivity contribution in [2.45, 2.75) is 0 Å². The second-order valence-electron chi connectivity index (χ2n) is 4.68. The van der Waals surface area contributed by atoms with Crippen LogP contribution in [-0.2, 0) is 4.74 Å². The van der Waals surface area contributed by atoms with Crippen molar-refractivity contribution in [1.82, 2.24) is 9.97 Å². The predicted molar refractivity (Wildman–Crippen MR) is 82.9 cm³/mol. The molecule has 3 aromatic rings. The van der Waals surface area contributed by atoms with Crippen LogP contribution in [0.15, 0.2) is 48.7 Å². The Hall–Kier alpha value is -2.95. The van der Waals surface area contributed by atoms with Crippen LogP contribution in [0.1, 0.15) is 10.4 Å². The zero-order valence-corrected chi connectivity index (χ0v) is 12.2. The molecule has 0 aliphatic rings. The van der Waals surface area contributed by atoms with E-state index in [9.17, 15) is 4.79 Å². The van der Waals surface area contributed by atoms with E-state index < -0.39 is 0 Å². The third-order valence-electron chi connectivity index (χ3n) is 3.35. The van der Waals surface area contributed by atoms with Crippen molar-refractivity contribution in [3.8, 4) is 17.0 Å². The van der Waals surface area contributed by atoms with Crippen LogP contribution in [0, 0.1) is 0 Å². The zero-order valence-electron chi connectivity index (χ0n) is 12.2. The van der Waals surface area contributed by atoms with Crippen molar-refractivity contribution in [1.29, 1.82) is 0 Å². The minimum absolute atomic E-state index is 0.386. The van der Waals surface area contributed by atoms with Crippen LogP contribution in [0.5, 0.6) is 5.75 Å². The fraction of sp³-hybridized carbons (Fsp3) is 0.118. The van der Waals surface area contributed by atoms with Gasteiger partial charge in [0.2, 0.25) is 0 Å². The molecule has 0 unspecified atom stereocenters. The number of benzene rings is 2. The van der Waals surface area contributed by atoms with Gasteiger partial charge in [-0.2, -0.15) is 0 Å². The SMILES string of the molecule is COC(=O)c1ccc2nc(-c3ccc(OC)cc3)cnc2c1. The van der Waals surface area contributed by atoms with Gasteiger partial charge in [0, 0.05) is 5.56 Å². The van der Waals surface area contributed by atoms with Gasteiger partial charge in [-0.05, 0) is 42.5 Å². The van der Waals surface area contributed by atoms with Crippen LogP contribution in [0.4, 0.5) is 0 Å². The van der Waals surface area contributed by atoms with Crippen LogP contribution in [-0.4, -0.2) is 30.2 Å². The molecule has 0 atom stereocenters. The number of rotatable bonds is 3. The summed E-state index contributed by atoms with van der Waals surface area (Å²) in [6.45, 7) is 0. The molecule has 5 heteroatoms. The maximum absolute atomic E-state index is 11.5. The van der Waals surface area contributed by atoms with Crippen LogP contribution < -0.4 is 4.74 Å². The molecule has 0 N–H and O–H groups in total. The number of hydrogen-bond donors (Lipinski definition) is 0. The van der Waals surface area contributed by atoms with E-state index in [-0.39, 0.29) is 5.97 Å². The summed E-state index contributed by atoms with van der Waals surface area (Å²) in [5, 5.41) is 0. The Morgan fingerprint density at radius 1 is 1.00 bits per heavy atom. The number of carbonyl (C=O) groups is 1. The largest absolute Gasteiger partial charge is 0.497 e. The molecule has 2 aromatic carbocycles. The van der Waals surface area contributed by atoms with E-state index >= 15 is 0 Å². The van der Waals surface area contributed by atoms with Crippen molar-refractivity contribution < 1.29 is 14.3 Å². The fourth-order valence-corrected chi connectivity index (χ4v) is 2.16. The second kappa shape index (κ2) is 5.81. The molecule has 3 rings (SSSR count). The Labute approximate surface area is 127 Å². The Bertz CT molecular complexity index is 829. The molecule has 0 amide bonds. The van der Waals surface area contributed by atoms with Crippen molar-refractivity contribution in [2.24, 2.45) is 0 Å². The second-order valence-corrected chi connectivity index (χ2v) is 4.68. The van der Waals surface area contributed by atoms with Crippen molar-refractivity contribution in [3.63, 3.8) is 0 Å². The lowest BCUT2D eigenvalue weighted by Gasteiger charge is -2.05. The highest BCUT2D eigenvalue weighted by molar-refractivity contribution is 5.93. The first-order chi connectivity index (χ1) is 10.7. The van der Waals surface area contributed by atoms with Gasteiger partial charge in [0.15, 0.2) is 0 Å². The standard InChI is InChI=1S/C17H14N2O3/c1-21-13-6-3-11(4-7-13)16-10-18-15-9-12(17(20)22-2)5-8-14(15)19-16/h3-10H,1-2H3. The number of ether oxygens (including phenoxy) is 2. The number of hydrogen-bond acceptors (Lipinski definition) is 5. The average Bonchev–Trinajstić information content (AvgIpc) is 2.60. The topological polar surface area (TPSA) is 61.3 Å². The number of methoxy groups -OCH3 is 2. The summed E-state index contributed by atoms with van der Waals surface area (Å²) >= 11 is 0. The van der Waals surface area contributed by atoms with Crippen LogP contribution in [0.3, 0.4) is 0 Å². The average molecular weight is 294 g/mol.